The van der Waals surface area contributed by atoms with E-state index in [1.165, 1.54) is 6.08 Å². The lowest BCUT2D eigenvalue weighted by Crippen LogP contribution is -2.21. The highest BCUT2D eigenvalue weighted by atomic mass is 31.2. The third-order valence-corrected chi connectivity index (χ3v) is 2.70. The third kappa shape index (κ3) is 8.61. The third-order valence-electron chi connectivity index (χ3n) is 1.60. The molecular formula is C9H18NO5P. The van der Waals surface area contributed by atoms with Crippen LogP contribution in [0.3, 0.4) is 0 Å². The van der Waals surface area contributed by atoms with Crippen molar-refractivity contribution in [3.8, 4) is 0 Å². The molecule has 0 aromatic carbocycles. The van der Waals surface area contributed by atoms with Gasteiger partial charge in [0, 0.05) is 6.54 Å². The Kier molecular flexibility index (Phi) is 8.11. The van der Waals surface area contributed by atoms with Crippen molar-refractivity contribution in [3.63, 3.8) is 0 Å². The number of carbonyl (C=O) groups excluding carboxylic acids is 1. The van der Waals surface area contributed by atoms with E-state index in [4.69, 9.17) is 4.89 Å². The molecule has 0 aromatic rings. The number of phosphoric acid groups is 1. The van der Waals surface area contributed by atoms with Crippen LogP contribution < -0.4 is 5.32 Å². The van der Waals surface area contributed by atoms with Gasteiger partial charge in [-0.05, 0) is 25.8 Å². The van der Waals surface area contributed by atoms with Gasteiger partial charge in [0.1, 0.15) is 0 Å². The predicted octanol–water partition coefficient (Wildman–Crippen LogP) is 1.22. The summed E-state index contributed by atoms with van der Waals surface area (Å²) in [7, 11) is -3.87. The Labute approximate surface area is 95.3 Å². The summed E-state index contributed by atoms with van der Waals surface area (Å²) in [6, 6.07) is 0. The van der Waals surface area contributed by atoms with Crippen molar-refractivity contribution in [3.05, 3.63) is 12.7 Å². The minimum absolute atomic E-state index is 0.123. The Morgan fingerprint density at radius 2 is 2.19 bits per heavy atom. The first kappa shape index (κ1) is 15.3. The van der Waals surface area contributed by atoms with Crippen molar-refractivity contribution >= 4 is 13.7 Å². The number of rotatable bonds is 9. The van der Waals surface area contributed by atoms with Gasteiger partial charge in [0.25, 0.3) is 0 Å². The molecule has 1 amide bonds. The molecule has 7 heteroatoms. The van der Waals surface area contributed by atoms with Crippen LogP contribution in [0.15, 0.2) is 12.7 Å². The first-order valence-electron chi connectivity index (χ1n) is 5.04. The molecule has 94 valence electrons. The lowest BCUT2D eigenvalue weighted by atomic mass is 10.3. The van der Waals surface area contributed by atoms with Gasteiger partial charge >= 0.3 is 7.82 Å². The number of carbonyl (C=O) groups is 1. The van der Waals surface area contributed by atoms with Gasteiger partial charge in [-0.1, -0.05) is 6.58 Å². The van der Waals surface area contributed by atoms with Crippen LogP contribution in [0.2, 0.25) is 0 Å². The fourth-order valence-corrected chi connectivity index (χ4v) is 1.65. The molecule has 16 heavy (non-hydrogen) atoms. The minimum atomic E-state index is -3.87. The zero-order valence-electron chi connectivity index (χ0n) is 9.35. The van der Waals surface area contributed by atoms with E-state index in [0.29, 0.717) is 19.4 Å². The van der Waals surface area contributed by atoms with E-state index in [1.54, 1.807) is 6.92 Å². The van der Waals surface area contributed by atoms with Gasteiger partial charge in [-0.3, -0.25) is 13.8 Å². The summed E-state index contributed by atoms with van der Waals surface area (Å²) >= 11 is 0. The van der Waals surface area contributed by atoms with Gasteiger partial charge in [-0.25, -0.2) is 4.57 Å². The molecule has 0 spiro atoms. The predicted molar refractivity (Wildman–Crippen MR) is 59.8 cm³/mol. The molecule has 0 radical (unpaired) electrons. The molecule has 0 saturated carbocycles. The van der Waals surface area contributed by atoms with Crippen LogP contribution in [-0.2, 0) is 18.4 Å². The number of hydrogen-bond acceptors (Lipinski definition) is 4. The maximum absolute atomic E-state index is 11.0. The average Bonchev–Trinajstić information content (AvgIpc) is 2.22. The highest BCUT2D eigenvalue weighted by Gasteiger charge is 2.18. The van der Waals surface area contributed by atoms with Crippen LogP contribution in [-0.4, -0.2) is 30.6 Å². The van der Waals surface area contributed by atoms with E-state index in [9.17, 15) is 9.36 Å². The summed E-state index contributed by atoms with van der Waals surface area (Å²) in [5.41, 5.74) is 0. The number of amides is 1. The molecule has 2 N–H and O–H groups in total. The van der Waals surface area contributed by atoms with Crippen molar-refractivity contribution in [1.29, 1.82) is 0 Å². The Bertz CT molecular complexity index is 269. The van der Waals surface area contributed by atoms with Crippen molar-refractivity contribution in [2.45, 2.75) is 19.8 Å². The van der Waals surface area contributed by atoms with Crippen molar-refractivity contribution in [2.75, 3.05) is 19.8 Å². The van der Waals surface area contributed by atoms with Gasteiger partial charge in [0.05, 0.1) is 13.2 Å². The second-order valence-corrected chi connectivity index (χ2v) is 4.38. The van der Waals surface area contributed by atoms with E-state index in [0.717, 1.165) is 0 Å². The lowest BCUT2D eigenvalue weighted by molar-refractivity contribution is -0.116. The maximum Gasteiger partial charge on any atom is 0.472 e. The number of unbranched alkanes of at least 4 members (excludes halogenated alkanes) is 1. The van der Waals surface area contributed by atoms with Gasteiger partial charge < -0.3 is 10.2 Å². The Morgan fingerprint density at radius 1 is 1.50 bits per heavy atom. The minimum Gasteiger partial charge on any atom is -0.353 e. The molecule has 0 fully saturated rings. The molecule has 0 heterocycles. The number of nitrogens with one attached hydrogen (secondary N) is 1. The molecule has 6 nitrogen and oxygen atoms in total. The second-order valence-electron chi connectivity index (χ2n) is 2.92. The van der Waals surface area contributed by atoms with E-state index in [-0.39, 0.29) is 19.1 Å². The monoisotopic (exact) mass is 251 g/mol. The van der Waals surface area contributed by atoms with Crippen LogP contribution in [0, 0.1) is 0 Å². The zero-order valence-corrected chi connectivity index (χ0v) is 10.2. The number of hydrogen-bond donors (Lipinski definition) is 2. The molecule has 0 bridgehead atoms. The highest BCUT2D eigenvalue weighted by molar-refractivity contribution is 7.47. The molecule has 0 aromatic heterocycles. The smallest absolute Gasteiger partial charge is 0.353 e. The van der Waals surface area contributed by atoms with Crippen LogP contribution in [0.4, 0.5) is 0 Å². The molecule has 0 aliphatic rings. The molecule has 0 aliphatic heterocycles. The van der Waals surface area contributed by atoms with E-state index in [1.807, 2.05) is 0 Å². The fourth-order valence-electron chi connectivity index (χ4n) is 0.891. The highest BCUT2D eigenvalue weighted by Crippen LogP contribution is 2.42. The summed E-state index contributed by atoms with van der Waals surface area (Å²) < 4.78 is 20.2. The number of phosphoric ester groups is 1. The summed E-state index contributed by atoms with van der Waals surface area (Å²) in [4.78, 5) is 19.7. The van der Waals surface area contributed by atoms with Gasteiger partial charge in [0.15, 0.2) is 0 Å². The maximum atomic E-state index is 11.0. The van der Waals surface area contributed by atoms with Crippen molar-refractivity contribution in [1.82, 2.24) is 5.32 Å². The first-order chi connectivity index (χ1) is 7.52. The molecular weight excluding hydrogens is 233 g/mol. The topological polar surface area (TPSA) is 84.9 Å². The van der Waals surface area contributed by atoms with Crippen molar-refractivity contribution < 1.29 is 23.3 Å². The summed E-state index contributed by atoms with van der Waals surface area (Å²) in [5, 5.41) is 2.58. The van der Waals surface area contributed by atoms with E-state index < -0.39 is 7.82 Å². The average molecular weight is 251 g/mol. The van der Waals surface area contributed by atoms with Crippen LogP contribution >= 0.6 is 7.82 Å². The standard InChI is InChI=1S/C9H18NO5P/c1-3-9(11)10-7-5-6-8-15-16(12,13)14-4-2/h3H,1,4-8H2,2H3,(H,10,11)(H,12,13). The lowest BCUT2D eigenvalue weighted by Gasteiger charge is -2.10. The van der Waals surface area contributed by atoms with E-state index >= 15 is 0 Å². The van der Waals surface area contributed by atoms with Crippen LogP contribution in [0.1, 0.15) is 19.8 Å². The Hall–Kier alpha value is -0.680. The molecule has 1 atom stereocenters. The first-order valence-corrected chi connectivity index (χ1v) is 6.53. The zero-order chi connectivity index (χ0) is 12.4. The molecule has 0 aliphatic carbocycles. The molecule has 1 unspecified atom stereocenters. The summed E-state index contributed by atoms with van der Waals surface area (Å²) in [5.74, 6) is -0.233. The SMILES string of the molecule is C=CC(=O)NCCCCOP(=O)(O)OCC. The summed E-state index contributed by atoms with van der Waals surface area (Å²) in [6.07, 6.45) is 2.41. The van der Waals surface area contributed by atoms with Gasteiger partial charge in [-0.2, -0.15) is 0 Å². The van der Waals surface area contributed by atoms with Crippen LogP contribution in [0.25, 0.3) is 0 Å². The van der Waals surface area contributed by atoms with Crippen LogP contribution in [0.5, 0.6) is 0 Å². The fraction of sp³-hybridized carbons (Fsp3) is 0.667. The summed E-state index contributed by atoms with van der Waals surface area (Å²) in [6.45, 7) is 5.65. The van der Waals surface area contributed by atoms with Crippen molar-refractivity contribution in [2.24, 2.45) is 0 Å². The quantitative estimate of drug-likeness (QED) is 0.365. The largest absolute Gasteiger partial charge is 0.472 e. The molecule has 0 saturated heterocycles. The van der Waals surface area contributed by atoms with E-state index in [2.05, 4.69) is 20.9 Å². The Morgan fingerprint density at radius 3 is 2.75 bits per heavy atom. The normalized spacial score (nSPS) is 14.1. The second kappa shape index (κ2) is 8.47. The Balaban J connectivity index is 3.43. The molecule has 0 rings (SSSR count). The van der Waals surface area contributed by atoms with Gasteiger partial charge in [0.2, 0.25) is 5.91 Å². The van der Waals surface area contributed by atoms with Gasteiger partial charge in [-0.15, -0.1) is 0 Å².